The quantitative estimate of drug-likeness (QED) is 0.834. The van der Waals surface area contributed by atoms with Gasteiger partial charge in [-0.15, -0.1) is 0 Å². The Bertz CT molecular complexity index is 579. The van der Waals surface area contributed by atoms with Crippen LogP contribution in [0.15, 0.2) is 29.3 Å². The van der Waals surface area contributed by atoms with Crippen LogP contribution in [0.4, 0.5) is 10.1 Å². The number of amides is 1. The van der Waals surface area contributed by atoms with Gasteiger partial charge in [0.1, 0.15) is 10.2 Å². The second-order valence-electron chi connectivity index (χ2n) is 5.25. The number of hydrogen-bond acceptors (Lipinski definition) is 4. The van der Waals surface area contributed by atoms with E-state index in [-0.39, 0.29) is 17.0 Å². The maximum absolute atomic E-state index is 13.9. The van der Waals surface area contributed by atoms with Crippen molar-refractivity contribution in [2.75, 3.05) is 17.2 Å². The molecule has 0 spiro atoms. The molecule has 0 bridgehead atoms. The highest BCUT2D eigenvalue weighted by molar-refractivity contribution is 8.39. The van der Waals surface area contributed by atoms with Gasteiger partial charge >= 0.3 is 0 Å². The van der Waals surface area contributed by atoms with E-state index in [2.05, 4.69) is 11.9 Å². The lowest BCUT2D eigenvalue weighted by Gasteiger charge is -2.32. The van der Waals surface area contributed by atoms with Crippen molar-refractivity contribution < 1.29 is 9.18 Å². The Kier molecular flexibility index (Phi) is 4.54. The third kappa shape index (κ3) is 3.26. The number of rotatable bonds is 2. The Morgan fingerprint density at radius 1 is 1.43 bits per heavy atom. The molecule has 0 unspecified atom stereocenters. The summed E-state index contributed by atoms with van der Waals surface area (Å²) in [6.07, 6.45) is 1.73. The average Bonchev–Trinajstić information content (AvgIpc) is 2.88. The number of aliphatic imine (C=N–C) groups is 1. The maximum Gasteiger partial charge on any atom is 0.240 e. The molecule has 2 aliphatic rings. The molecule has 1 fully saturated rings. The van der Waals surface area contributed by atoms with Crippen LogP contribution in [0.5, 0.6) is 0 Å². The Balaban J connectivity index is 1.75. The highest BCUT2D eigenvalue weighted by Crippen LogP contribution is 2.34. The smallest absolute Gasteiger partial charge is 0.240 e. The molecule has 112 valence electrons. The summed E-state index contributed by atoms with van der Waals surface area (Å²) < 4.78 is 14.9. The molecule has 2 aliphatic heterocycles. The number of benzene rings is 1. The molecule has 0 aromatic heterocycles. The molecule has 3 rings (SSSR count). The molecule has 1 aromatic carbocycles. The van der Waals surface area contributed by atoms with E-state index in [0.29, 0.717) is 18.3 Å². The lowest BCUT2D eigenvalue weighted by molar-refractivity contribution is -0.119. The fourth-order valence-corrected chi connectivity index (χ4v) is 5.03. The van der Waals surface area contributed by atoms with E-state index < -0.39 is 0 Å². The minimum atomic E-state index is -0.335. The van der Waals surface area contributed by atoms with E-state index in [4.69, 9.17) is 0 Å². The SMILES string of the molecule is C[C@@H]1CSC(S[C@H]2CCCN(c3ccccc3F)C2=O)=N1. The number of nitrogens with zero attached hydrogens (tertiary/aromatic N) is 2. The van der Waals surface area contributed by atoms with Crippen LogP contribution in [-0.4, -0.2) is 33.9 Å². The fraction of sp³-hybridized carbons (Fsp3) is 0.467. The lowest BCUT2D eigenvalue weighted by Crippen LogP contribution is -2.43. The summed E-state index contributed by atoms with van der Waals surface area (Å²) in [6, 6.07) is 6.81. The highest BCUT2D eigenvalue weighted by Gasteiger charge is 2.33. The number of para-hydroxylation sites is 1. The zero-order valence-corrected chi connectivity index (χ0v) is 13.4. The van der Waals surface area contributed by atoms with E-state index in [1.807, 2.05) is 0 Å². The molecular formula is C15H17FN2OS2. The van der Waals surface area contributed by atoms with Crippen LogP contribution in [0.2, 0.25) is 0 Å². The zero-order chi connectivity index (χ0) is 14.8. The van der Waals surface area contributed by atoms with Gasteiger partial charge in [0.25, 0.3) is 0 Å². The third-order valence-electron chi connectivity index (χ3n) is 3.55. The van der Waals surface area contributed by atoms with Crippen LogP contribution in [0.3, 0.4) is 0 Å². The van der Waals surface area contributed by atoms with Gasteiger partial charge in [-0.25, -0.2) is 4.39 Å². The van der Waals surface area contributed by atoms with Crippen LogP contribution in [0.25, 0.3) is 0 Å². The number of halogens is 1. The Hall–Kier alpha value is -1.01. The molecule has 0 N–H and O–H groups in total. The number of hydrogen-bond donors (Lipinski definition) is 0. The second-order valence-corrected chi connectivity index (χ2v) is 7.70. The summed E-state index contributed by atoms with van der Waals surface area (Å²) in [5.74, 6) is 0.650. The summed E-state index contributed by atoms with van der Waals surface area (Å²) in [7, 11) is 0. The van der Waals surface area contributed by atoms with Crippen molar-refractivity contribution in [1.29, 1.82) is 0 Å². The molecule has 3 nitrogen and oxygen atoms in total. The van der Waals surface area contributed by atoms with Gasteiger partial charge in [0, 0.05) is 12.3 Å². The van der Waals surface area contributed by atoms with Crippen LogP contribution in [0.1, 0.15) is 19.8 Å². The molecule has 1 aromatic rings. The first-order valence-corrected chi connectivity index (χ1v) is 8.95. The largest absolute Gasteiger partial charge is 0.309 e. The average molecular weight is 324 g/mol. The first kappa shape index (κ1) is 14.9. The minimum Gasteiger partial charge on any atom is -0.309 e. The molecule has 21 heavy (non-hydrogen) atoms. The Labute approximate surface area is 132 Å². The summed E-state index contributed by atoms with van der Waals surface area (Å²) in [5, 5.41) is -0.144. The Morgan fingerprint density at radius 3 is 2.95 bits per heavy atom. The van der Waals surface area contributed by atoms with Crippen molar-refractivity contribution in [2.45, 2.75) is 31.1 Å². The van der Waals surface area contributed by atoms with Gasteiger partial charge in [-0.3, -0.25) is 9.79 Å². The zero-order valence-electron chi connectivity index (χ0n) is 11.8. The van der Waals surface area contributed by atoms with Crippen molar-refractivity contribution in [3.05, 3.63) is 30.1 Å². The molecule has 1 amide bonds. The number of thioether (sulfide) groups is 2. The number of anilines is 1. The molecular weight excluding hydrogens is 307 g/mol. The van der Waals surface area contributed by atoms with Crippen molar-refractivity contribution in [2.24, 2.45) is 4.99 Å². The van der Waals surface area contributed by atoms with Gasteiger partial charge in [-0.05, 0) is 31.9 Å². The summed E-state index contributed by atoms with van der Waals surface area (Å²) >= 11 is 3.26. The van der Waals surface area contributed by atoms with Gasteiger partial charge in [0.05, 0.1) is 17.0 Å². The number of carbonyl (C=O) groups excluding carboxylic acids is 1. The molecule has 0 saturated carbocycles. The van der Waals surface area contributed by atoms with Gasteiger partial charge < -0.3 is 4.90 Å². The third-order valence-corrected chi connectivity index (χ3v) is 6.22. The van der Waals surface area contributed by atoms with E-state index in [9.17, 15) is 9.18 Å². The van der Waals surface area contributed by atoms with E-state index >= 15 is 0 Å². The molecule has 2 atom stereocenters. The van der Waals surface area contributed by atoms with Crippen molar-refractivity contribution in [3.63, 3.8) is 0 Å². The predicted molar refractivity (Wildman–Crippen MR) is 88.7 cm³/mol. The molecule has 2 heterocycles. The van der Waals surface area contributed by atoms with Gasteiger partial charge in [0.2, 0.25) is 5.91 Å². The molecule has 0 radical (unpaired) electrons. The summed E-state index contributed by atoms with van der Waals surface area (Å²) in [4.78, 5) is 18.7. The van der Waals surface area contributed by atoms with Crippen LogP contribution in [-0.2, 0) is 4.79 Å². The van der Waals surface area contributed by atoms with Crippen LogP contribution >= 0.6 is 23.5 Å². The summed E-state index contributed by atoms with van der Waals surface area (Å²) in [6.45, 7) is 2.67. The Morgan fingerprint density at radius 2 is 2.24 bits per heavy atom. The number of carbonyl (C=O) groups is 1. The maximum atomic E-state index is 13.9. The van der Waals surface area contributed by atoms with Crippen molar-refractivity contribution in [1.82, 2.24) is 0 Å². The monoisotopic (exact) mass is 324 g/mol. The van der Waals surface area contributed by atoms with Crippen LogP contribution in [0, 0.1) is 5.82 Å². The molecule has 1 saturated heterocycles. The molecule has 0 aliphatic carbocycles. The molecule has 6 heteroatoms. The van der Waals surface area contributed by atoms with Crippen LogP contribution < -0.4 is 4.90 Å². The second kappa shape index (κ2) is 6.40. The van der Waals surface area contributed by atoms with Gasteiger partial charge in [-0.2, -0.15) is 0 Å². The first-order chi connectivity index (χ1) is 10.1. The van der Waals surface area contributed by atoms with E-state index in [1.54, 1.807) is 46.6 Å². The normalized spacial score (nSPS) is 26.1. The highest BCUT2D eigenvalue weighted by atomic mass is 32.2. The van der Waals surface area contributed by atoms with Gasteiger partial charge in [0.15, 0.2) is 0 Å². The van der Waals surface area contributed by atoms with Crippen molar-refractivity contribution >= 4 is 39.5 Å². The first-order valence-electron chi connectivity index (χ1n) is 7.08. The number of piperidine rings is 1. The fourth-order valence-electron chi connectivity index (χ4n) is 2.49. The summed E-state index contributed by atoms with van der Waals surface area (Å²) in [5.41, 5.74) is 0.391. The minimum absolute atomic E-state index is 0.000738. The standard InChI is InChI=1S/C15H17FN2OS2/c1-10-9-20-15(17-10)21-13-7-4-8-18(14(13)19)12-6-3-2-5-11(12)16/h2-3,5-6,10,13H,4,7-9H2,1H3/t10-,13+/m1/s1. The van der Waals surface area contributed by atoms with Crippen molar-refractivity contribution in [3.8, 4) is 0 Å². The van der Waals surface area contributed by atoms with Gasteiger partial charge in [-0.1, -0.05) is 35.7 Å². The topological polar surface area (TPSA) is 32.7 Å². The van der Waals surface area contributed by atoms with E-state index in [0.717, 1.165) is 23.0 Å². The van der Waals surface area contributed by atoms with E-state index in [1.165, 1.54) is 6.07 Å². The lowest BCUT2D eigenvalue weighted by atomic mass is 10.1. The predicted octanol–water partition coefficient (Wildman–Crippen LogP) is 3.55.